The van der Waals surface area contributed by atoms with Crippen molar-refractivity contribution in [1.82, 2.24) is 0 Å². The maximum absolute atomic E-state index is 11.2. The van der Waals surface area contributed by atoms with E-state index < -0.39 is 105 Å². The van der Waals surface area contributed by atoms with Crippen molar-refractivity contribution in [2.75, 3.05) is 19.8 Å². The number of allylic oxidation sites excluding steroid dienone is 1. The molecule has 0 amide bonds. The minimum absolute atomic E-state index is 0.101. The van der Waals surface area contributed by atoms with Crippen LogP contribution in [0.5, 0.6) is 0 Å². The van der Waals surface area contributed by atoms with Crippen LogP contribution in [0.1, 0.15) is 98.8 Å². The maximum Gasteiger partial charge on any atom is 0.187 e. The molecule has 17 nitrogen and oxygen atoms in total. The molecule has 356 valence electrons. The molecular weight excluding hydrogens is 812 g/mol. The third-order valence-corrected chi connectivity index (χ3v) is 17.3. The van der Waals surface area contributed by atoms with Gasteiger partial charge < -0.3 is 84.2 Å². The highest BCUT2D eigenvalue weighted by Crippen LogP contribution is 2.70. The predicted octanol–water partition coefficient (Wildman–Crippen LogP) is 0.198. The summed E-state index contributed by atoms with van der Waals surface area (Å²) in [6.45, 7) is 10.0. The molecule has 62 heavy (non-hydrogen) atoms. The van der Waals surface area contributed by atoms with Crippen LogP contribution in [0.4, 0.5) is 0 Å². The van der Waals surface area contributed by atoms with Crippen molar-refractivity contribution in [1.29, 1.82) is 0 Å². The molecule has 0 unspecified atom stereocenters. The van der Waals surface area contributed by atoms with Crippen molar-refractivity contribution in [2.45, 2.75) is 203 Å². The van der Waals surface area contributed by atoms with E-state index in [0.717, 1.165) is 70.0 Å². The zero-order chi connectivity index (χ0) is 44.6. The molecule has 0 aromatic heterocycles. The van der Waals surface area contributed by atoms with Crippen molar-refractivity contribution in [2.24, 2.45) is 46.3 Å². The lowest BCUT2D eigenvalue weighted by atomic mass is 9.44. The monoisotopic (exact) mass is 886 g/mol. The number of ether oxygens (including phenoxy) is 7. The second-order valence-electron chi connectivity index (χ2n) is 20.9. The van der Waals surface area contributed by atoms with Gasteiger partial charge in [0.25, 0.3) is 0 Å². The number of fused-ring (bicyclic) bond motifs is 7. The highest BCUT2D eigenvalue weighted by atomic mass is 16.8. The Bertz CT molecular complexity index is 1570. The minimum Gasteiger partial charge on any atom is -0.494 e. The summed E-state index contributed by atoms with van der Waals surface area (Å²) in [4.78, 5) is 0. The summed E-state index contributed by atoms with van der Waals surface area (Å²) in [5.41, 5.74) is 1.62. The summed E-state index contributed by atoms with van der Waals surface area (Å²) < 4.78 is 42.4. The first kappa shape index (κ1) is 47.4. The lowest BCUT2D eigenvalue weighted by molar-refractivity contribution is -0.371. The fourth-order valence-electron chi connectivity index (χ4n) is 13.6. The minimum atomic E-state index is -1.63. The van der Waals surface area contributed by atoms with Crippen LogP contribution in [0, 0.1) is 46.3 Å². The Morgan fingerprint density at radius 2 is 1.32 bits per heavy atom. The van der Waals surface area contributed by atoms with Gasteiger partial charge in [0.1, 0.15) is 73.2 Å². The predicted molar refractivity (Wildman–Crippen MR) is 216 cm³/mol. The van der Waals surface area contributed by atoms with E-state index >= 15 is 0 Å². The van der Waals surface area contributed by atoms with Crippen molar-refractivity contribution in [3.8, 4) is 0 Å². The van der Waals surface area contributed by atoms with Gasteiger partial charge in [0.05, 0.1) is 37.8 Å². The summed E-state index contributed by atoms with van der Waals surface area (Å²) in [5.74, 6) is 3.67. The highest BCUT2D eigenvalue weighted by Gasteiger charge is 2.65. The Hall–Kier alpha value is -1.10. The number of aliphatic hydroxyl groups is 10. The van der Waals surface area contributed by atoms with Crippen molar-refractivity contribution in [3.05, 3.63) is 11.3 Å². The summed E-state index contributed by atoms with van der Waals surface area (Å²) in [6.07, 6.45) is -10.5. The summed E-state index contributed by atoms with van der Waals surface area (Å²) >= 11 is 0. The molecule has 4 aliphatic heterocycles. The zero-order valence-electron chi connectivity index (χ0n) is 36.8. The standard InChI is InChI=1S/C45H74O17/c1-19(18-56-41-38(54)36(52)33(49)29(16-46)60-41)6-9-27-20(2)31-28(59-27)15-26-24-8-7-22-14-23(10-12-44(22,4)25(24)11-13-45(26,31)5)58-43-40(37(53)34(50)30(17-47)61-43)62-42-39(55)35(51)32(48)21(3)57-42/h19,21-26,28-43,46-55H,6-18H2,1-5H3/t19-,21+,22+,23+,24-,25+,26+,28+,29-,30-,31+,32+,33-,34-,35-,36+,37+,38-,39-,40-,41-,42+,43-,44+,45+/m1/s1. The Kier molecular flexibility index (Phi) is 14.2. The third kappa shape index (κ3) is 8.34. The Labute approximate surface area is 364 Å². The van der Waals surface area contributed by atoms with Gasteiger partial charge in [-0.15, -0.1) is 0 Å². The van der Waals surface area contributed by atoms with Gasteiger partial charge in [-0.1, -0.05) is 20.8 Å². The van der Waals surface area contributed by atoms with Crippen LogP contribution in [0.15, 0.2) is 11.3 Å². The van der Waals surface area contributed by atoms with Crippen LogP contribution in [0.2, 0.25) is 0 Å². The van der Waals surface area contributed by atoms with E-state index in [1.807, 2.05) is 0 Å². The van der Waals surface area contributed by atoms with Crippen molar-refractivity contribution in [3.63, 3.8) is 0 Å². The molecule has 8 rings (SSSR count). The lowest BCUT2D eigenvalue weighted by Crippen LogP contribution is -2.64. The average molecular weight is 887 g/mol. The van der Waals surface area contributed by atoms with E-state index in [1.165, 1.54) is 12.5 Å². The molecule has 10 N–H and O–H groups in total. The molecule has 0 spiro atoms. The fourth-order valence-corrected chi connectivity index (χ4v) is 13.6. The average Bonchev–Trinajstić information content (AvgIpc) is 3.74. The van der Waals surface area contributed by atoms with Crippen LogP contribution < -0.4 is 0 Å². The number of rotatable bonds is 12. The quantitative estimate of drug-likeness (QED) is 0.117. The molecule has 0 aromatic rings. The van der Waals surface area contributed by atoms with E-state index in [4.69, 9.17) is 33.2 Å². The second kappa shape index (κ2) is 18.5. The molecule has 3 saturated heterocycles. The van der Waals surface area contributed by atoms with Gasteiger partial charge in [-0.2, -0.15) is 0 Å². The van der Waals surface area contributed by atoms with Crippen LogP contribution in [0.25, 0.3) is 0 Å². The first-order valence-electron chi connectivity index (χ1n) is 23.3. The normalized spacial score (nSPS) is 53.3. The Morgan fingerprint density at radius 3 is 2.03 bits per heavy atom. The molecule has 4 heterocycles. The fraction of sp³-hybridized carbons (Fsp3) is 0.956. The van der Waals surface area contributed by atoms with E-state index in [-0.39, 0.29) is 35.6 Å². The molecule has 0 bridgehead atoms. The Morgan fingerprint density at radius 1 is 0.677 bits per heavy atom. The van der Waals surface area contributed by atoms with Gasteiger partial charge >= 0.3 is 0 Å². The van der Waals surface area contributed by atoms with Crippen LogP contribution in [0.3, 0.4) is 0 Å². The largest absolute Gasteiger partial charge is 0.494 e. The molecule has 0 radical (unpaired) electrons. The molecule has 17 heteroatoms. The first-order valence-corrected chi connectivity index (χ1v) is 23.3. The Balaban J connectivity index is 0.870. The smallest absolute Gasteiger partial charge is 0.187 e. The summed E-state index contributed by atoms with van der Waals surface area (Å²) in [6, 6.07) is 0. The number of hydrogen-bond donors (Lipinski definition) is 10. The molecule has 7 fully saturated rings. The molecule has 4 aliphatic carbocycles. The molecule has 25 atom stereocenters. The van der Waals surface area contributed by atoms with Crippen LogP contribution >= 0.6 is 0 Å². The van der Waals surface area contributed by atoms with Gasteiger partial charge in [0.15, 0.2) is 18.9 Å². The van der Waals surface area contributed by atoms with Gasteiger partial charge in [-0.25, -0.2) is 0 Å². The van der Waals surface area contributed by atoms with Crippen LogP contribution in [-0.4, -0.2) is 175 Å². The lowest BCUT2D eigenvalue weighted by Gasteiger charge is -2.61. The van der Waals surface area contributed by atoms with Crippen LogP contribution in [-0.2, 0) is 33.2 Å². The topological polar surface area (TPSA) is 267 Å². The van der Waals surface area contributed by atoms with Gasteiger partial charge in [-0.3, -0.25) is 0 Å². The first-order chi connectivity index (χ1) is 29.4. The molecule has 0 aromatic carbocycles. The molecule has 8 aliphatic rings. The SMILES string of the molecule is CC1=C(CC[C@@H](C)CO[C@@H]2O[C@H](CO)[C@@H](O)[C@H](O)[C@H]2O)O[C@H]2C[C@H]3[C@@H]4CC[C@H]5C[C@@H](O[C@@H]6O[C@H](CO)[C@@H](O)[C@H](O)[C@H]6O[C@@H]6O[C@@H](C)[C@H](O)[C@@H](O)[C@H]6O)CC[C@]5(C)[C@H]4CC[C@]3(C)[C@@H]12. The van der Waals surface area contributed by atoms with Gasteiger partial charge in [0.2, 0.25) is 0 Å². The van der Waals surface area contributed by atoms with Gasteiger partial charge in [0, 0.05) is 12.3 Å². The van der Waals surface area contributed by atoms with Crippen molar-refractivity contribution >= 4 is 0 Å². The van der Waals surface area contributed by atoms with Crippen molar-refractivity contribution < 1.29 is 84.2 Å². The second-order valence-corrected chi connectivity index (χ2v) is 20.9. The highest BCUT2D eigenvalue weighted by molar-refractivity contribution is 5.26. The van der Waals surface area contributed by atoms with E-state index in [2.05, 4.69) is 27.7 Å². The molecule has 4 saturated carbocycles. The summed E-state index contributed by atoms with van der Waals surface area (Å²) in [7, 11) is 0. The van der Waals surface area contributed by atoms with E-state index in [9.17, 15) is 51.1 Å². The molecular formula is C45H74O17. The number of aliphatic hydroxyl groups excluding tert-OH is 10. The van der Waals surface area contributed by atoms with Gasteiger partial charge in [-0.05, 0) is 118 Å². The van der Waals surface area contributed by atoms with E-state index in [1.54, 1.807) is 0 Å². The third-order valence-electron chi connectivity index (χ3n) is 17.3. The van der Waals surface area contributed by atoms with E-state index in [0.29, 0.717) is 29.6 Å². The maximum atomic E-state index is 11.2. The summed E-state index contributed by atoms with van der Waals surface area (Å²) in [5, 5.41) is 103. The number of hydrogen-bond acceptors (Lipinski definition) is 17. The zero-order valence-corrected chi connectivity index (χ0v) is 36.8.